The summed E-state index contributed by atoms with van der Waals surface area (Å²) >= 11 is 6.46. The number of hydrogen-bond acceptors (Lipinski definition) is 6. The minimum Gasteiger partial charge on any atom is -0.456 e. The third kappa shape index (κ3) is 3.49. The summed E-state index contributed by atoms with van der Waals surface area (Å²) in [6.45, 7) is 0. The van der Waals surface area contributed by atoms with Crippen LogP contribution in [0.15, 0.2) is 52.4 Å². The Kier molecular flexibility index (Phi) is 4.85. The van der Waals surface area contributed by atoms with Gasteiger partial charge >= 0.3 is 0 Å². The van der Waals surface area contributed by atoms with Gasteiger partial charge in [0.05, 0.1) is 5.02 Å². The largest absolute Gasteiger partial charge is 0.456 e. The molecule has 4 N–H and O–H groups in total. The smallest absolute Gasteiger partial charge is 0.220 e. The SMILES string of the molecule is NC1=NC2(CCCCC2)N(c2ccc(Oc3cccc(F)c3)c(Cl)c2)C(N)=N1. The molecule has 2 aromatic rings. The van der Waals surface area contributed by atoms with E-state index in [2.05, 4.69) is 9.98 Å². The molecule has 1 aliphatic heterocycles. The molecule has 1 heterocycles. The van der Waals surface area contributed by atoms with Crippen molar-refractivity contribution in [2.75, 3.05) is 4.90 Å². The normalized spacial score (nSPS) is 18.6. The van der Waals surface area contributed by atoms with Crippen LogP contribution in [0.4, 0.5) is 10.1 Å². The number of nitrogens with zero attached hydrogens (tertiary/aromatic N) is 3. The molecule has 28 heavy (non-hydrogen) atoms. The van der Waals surface area contributed by atoms with E-state index in [1.165, 1.54) is 12.1 Å². The van der Waals surface area contributed by atoms with Crippen molar-refractivity contribution in [3.8, 4) is 11.5 Å². The molecule has 8 heteroatoms. The second-order valence-electron chi connectivity index (χ2n) is 6.99. The van der Waals surface area contributed by atoms with Gasteiger partial charge in [-0.15, -0.1) is 0 Å². The van der Waals surface area contributed by atoms with E-state index in [0.29, 0.717) is 22.5 Å². The summed E-state index contributed by atoms with van der Waals surface area (Å²) in [7, 11) is 0. The Hall–Kier alpha value is -2.80. The van der Waals surface area contributed by atoms with Gasteiger partial charge in [-0.05, 0) is 56.0 Å². The summed E-state index contributed by atoms with van der Waals surface area (Å²) in [6.07, 6.45) is 4.90. The van der Waals surface area contributed by atoms with Crippen molar-refractivity contribution in [3.63, 3.8) is 0 Å². The number of benzene rings is 2. The van der Waals surface area contributed by atoms with Crippen LogP contribution in [0.2, 0.25) is 5.02 Å². The van der Waals surface area contributed by atoms with Crippen molar-refractivity contribution < 1.29 is 9.13 Å². The minimum atomic E-state index is -0.539. The van der Waals surface area contributed by atoms with Crippen molar-refractivity contribution in [2.45, 2.75) is 37.8 Å². The van der Waals surface area contributed by atoms with Gasteiger partial charge in [0.15, 0.2) is 0 Å². The molecule has 2 aliphatic rings. The van der Waals surface area contributed by atoms with Gasteiger partial charge < -0.3 is 16.2 Å². The minimum absolute atomic E-state index is 0.202. The molecule has 6 nitrogen and oxygen atoms in total. The Bertz CT molecular complexity index is 955. The Morgan fingerprint density at radius 2 is 1.86 bits per heavy atom. The van der Waals surface area contributed by atoms with Crippen LogP contribution in [0, 0.1) is 5.82 Å². The van der Waals surface area contributed by atoms with Crippen LogP contribution in [0.1, 0.15) is 32.1 Å². The number of guanidine groups is 2. The highest BCUT2D eigenvalue weighted by molar-refractivity contribution is 6.32. The Labute approximate surface area is 167 Å². The Morgan fingerprint density at radius 1 is 1.07 bits per heavy atom. The highest BCUT2D eigenvalue weighted by Crippen LogP contribution is 2.41. The Morgan fingerprint density at radius 3 is 2.57 bits per heavy atom. The van der Waals surface area contributed by atoms with Crippen LogP contribution in [-0.2, 0) is 0 Å². The van der Waals surface area contributed by atoms with E-state index in [0.717, 1.165) is 37.8 Å². The summed E-state index contributed by atoms with van der Waals surface area (Å²) in [5, 5.41) is 0.378. The maximum atomic E-state index is 13.4. The number of aliphatic imine (C=N–C) groups is 2. The van der Waals surface area contributed by atoms with Gasteiger partial charge in [-0.2, -0.15) is 4.99 Å². The lowest BCUT2D eigenvalue weighted by Gasteiger charge is -2.45. The molecular weight excluding hydrogens is 381 g/mol. The third-order valence-corrected chi connectivity index (χ3v) is 5.34. The van der Waals surface area contributed by atoms with Crippen LogP contribution in [0.5, 0.6) is 11.5 Å². The average molecular weight is 402 g/mol. The molecule has 0 unspecified atom stereocenters. The number of halogens is 2. The predicted octanol–water partition coefficient (Wildman–Crippen LogP) is 4.38. The summed E-state index contributed by atoms with van der Waals surface area (Å²) in [5.74, 6) is 0.911. The third-order valence-electron chi connectivity index (χ3n) is 5.05. The van der Waals surface area contributed by atoms with E-state index in [9.17, 15) is 4.39 Å². The van der Waals surface area contributed by atoms with Crippen LogP contribution in [0.3, 0.4) is 0 Å². The van der Waals surface area contributed by atoms with Gasteiger partial charge in [0, 0.05) is 11.8 Å². The molecule has 0 bridgehead atoms. The number of rotatable bonds is 3. The molecule has 1 spiro atoms. The number of ether oxygens (including phenoxy) is 1. The number of anilines is 1. The standard InChI is InChI=1S/C20H21ClFN5O/c21-16-12-14(7-8-17(16)28-15-6-4-5-13(22)11-15)27-19(24)25-18(23)26-20(27)9-2-1-3-10-20/h4-8,11-12H,1-3,9-10H2,(H4,23,24,25,26). The summed E-state index contributed by atoms with van der Waals surface area (Å²) in [4.78, 5) is 10.7. The lowest BCUT2D eigenvalue weighted by molar-refractivity contribution is 0.305. The number of nitrogens with two attached hydrogens (primary N) is 2. The van der Waals surface area contributed by atoms with E-state index in [4.69, 9.17) is 27.8 Å². The molecule has 2 aromatic carbocycles. The van der Waals surface area contributed by atoms with E-state index >= 15 is 0 Å². The molecule has 1 aliphatic carbocycles. The van der Waals surface area contributed by atoms with E-state index in [-0.39, 0.29) is 11.8 Å². The summed E-state index contributed by atoms with van der Waals surface area (Å²) in [5.41, 5.74) is 12.4. The van der Waals surface area contributed by atoms with Crippen molar-refractivity contribution >= 4 is 29.2 Å². The molecule has 0 radical (unpaired) electrons. The fourth-order valence-electron chi connectivity index (χ4n) is 3.86. The zero-order chi connectivity index (χ0) is 19.7. The van der Waals surface area contributed by atoms with E-state index in [1.54, 1.807) is 24.3 Å². The molecule has 146 valence electrons. The second kappa shape index (κ2) is 7.31. The van der Waals surface area contributed by atoms with Crippen molar-refractivity contribution in [2.24, 2.45) is 21.5 Å². The van der Waals surface area contributed by atoms with Gasteiger partial charge in [-0.3, -0.25) is 4.90 Å². The van der Waals surface area contributed by atoms with Crippen LogP contribution < -0.4 is 21.1 Å². The van der Waals surface area contributed by atoms with Gasteiger partial charge in [0.2, 0.25) is 11.9 Å². The van der Waals surface area contributed by atoms with E-state index < -0.39 is 5.66 Å². The monoisotopic (exact) mass is 401 g/mol. The number of hydrogen-bond donors (Lipinski definition) is 2. The topological polar surface area (TPSA) is 89.2 Å². The van der Waals surface area contributed by atoms with Gasteiger partial charge in [-0.25, -0.2) is 9.38 Å². The Balaban J connectivity index is 1.66. The summed E-state index contributed by atoms with van der Waals surface area (Å²) in [6, 6.07) is 11.2. The first-order chi connectivity index (χ1) is 13.5. The molecule has 4 rings (SSSR count). The van der Waals surface area contributed by atoms with Gasteiger partial charge in [0.25, 0.3) is 0 Å². The molecule has 0 amide bonds. The predicted molar refractivity (Wildman–Crippen MR) is 109 cm³/mol. The molecule has 0 saturated heterocycles. The zero-order valence-electron chi connectivity index (χ0n) is 15.2. The maximum Gasteiger partial charge on any atom is 0.220 e. The molecule has 1 fully saturated rings. The first-order valence-electron chi connectivity index (χ1n) is 9.20. The maximum absolute atomic E-state index is 13.4. The zero-order valence-corrected chi connectivity index (χ0v) is 16.0. The molecule has 0 aromatic heterocycles. The average Bonchev–Trinajstić information content (AvgIpc) is 2.64. The quantitative estimate of drug-likeness (QED) is 0.798. The first kappa shape index (κ1) is 18.6. The highest BCUT2D eigenvalue weighted by atomic mass is 35.5. The fraction of sp³-hybridized carbons (Fsp3) is 0.300. The van der Waals surface area contributed by atoms with Gasteiger partial charge in [-0.1, -0.05) is 24.1 Å². The molecular formula is C20H21ClFN5O. The van der Waals surface area contributed by atoms with Crippen molar-refractivity contribution in [1.82, 2.24) is 0 Å². The first-order valence-corrected chi connectivity index (χ1v) is 9.57. The van der Waals surface area contributed by atoms with Crippen LogP contribution in [-0.4, -0.2) is 17.6 Å². The van der Waals surface area contributed by atoms with Gasteiger partial charge in [0.1, 0.15) is 23.0 Å². The van der Waals surface area contributed by atoms with Crippen LogP contribution in [0.25, 0.3) is 0 Å². The fourth-order valence-corrected chi connectivity index (χ4v) is 4.08. The molecule has 1 saturated carbocycles. The van der Waals surface area contributed by atoms with E-state index in [1.807, 2.05) is 11.0 Å². The lowest BCUT2D eigenvalue weighted by atomic mass is 9.87. The van der Waals surface area contributed by atoms with Crippen molar-refractivity contribution in [3.05, 3.63) is 53.3 Å². The second-order valence-corrected chi connectivity index (χ2v) is 7.40. The summed E-state index contributed by atoms with van der Waals surface area (Å²) < 4.78 is 19.1. The van der Waals surface area contributed by atoms with Crippen molar-refractivity contribution in [1.29, 1.82) is 0 Å². The lowest BCUT2D eigenvalue weighted by Crippen LogP contribution is -2.58. The molecule has 0 atom stereocenters. The van der Waals surface area contributed by atoms with Crippen LogP contribution >= 0.6 is 11.6 Å². The highest BCUT2D eigenvalue weighted by Gasteiger charge is 2.42.